The highest BCUT2D eigenvalue weighted by atomic mass is 32.2. The van der Waals surface area contributed by atoms with Gasteiger partial charge in [-0.05, 0) is 41.8 Å². The van der Waals surface area contributed by atoms with Gasteiger partial charge in [0.05, 0.1) is 5.75 Å². The molecule has 0 bridgehead atoms. The summed E-state index contributed by atoms with van der Waals surface area (Å²) in [6, 6.07) is 14.6. The highest BCUT2D eigenvalue weighted by Gasteiger charge is 2.08. The van der Waals surface area contributed by atoms with E-state index in [2.05, 4.69) is 29.2 Å². The molecule has 0 unspecified atom stereocenters. The number of amides is 2. The van der Waals surface area contributed by atoms with Crippen LogP contribution in [0.2, 0.25) is 0 Å². The van der Waals surface area contributed by atoms with E-state index in [1.807, 2.05) is 24.3 Å². The second kappa shape index (κ2) is 8.82. The number of anilines is 1. The minimum atomic E-state index is -3.28. The van der Waals surface area contributed by atoms with Gasteiger partial charge in [0.25, 0.3) is 0 Å². The van der Waals surface area contributed by atoms with Crippen molar-refractivity contribution in [1.82, 2.24) is 10.0 Å². The van der Waals surface area contributed by atoms with Crippen molar-refractivity contribution < 1.29 is 13.2 Å². The lowest BCUT2D eigenvalue weighted by molar-refractivity contribution is 0.251. The lowest BCUT2D eigenvalue weighted by Crippen LogP contribution is -2.28. The molecule has 0 saturated carbocycles. The number of hydrogen-bond donors (Lipinski definition) is 3. The SMILES string of the molecule is CNS(=O)(=O)Cc1ccc(CNC(=O)Nc2ccc(C(C)C)cc2)cc1. The number of carbonyl (C=O) groups is 1. The van der Waals surface area contributed by atoms with Crippen LogP contribution in [0.15, 0.2) is 48.5 Å². The Bertz CT molecular complexity index is 829. The number of sulfonamides is 1. The molecule has 0 fully saturated rings. The Hall–Kier alpha value is -2.38. The quantitative estimate of drug-likeness (QED) is 0.694. The first kappa shape index (κ1) is 19.9. The molecule has 0 aromatic heterocycles. The summed E-state index contributed by atoms with van der Waals surface area (Å²) in [5.74, 6) is 0.383. The summed E-state index contributed by atoms with van der Waals surface area (Å²) in [5, 5.41) is 5.57. The zero-order valence-corrected chi connectivity index (χ0v) is 16.1. The third-order valence-electron chi connectivity index (χ3n) is 3.98. The number of nitrogens with one attached hydrogen (secondary N) is 3. The van der Waals surface area contributed by atoms with Crippen LogP contribution in [-0.2, 0) is 22.3 Å². The van der Waals surface area contributed by atoms with E-state index in [0.717, 1.165) is 11.3 Å². The van der Waals surface area contributed by atoms with Gasteiger partial charge in [0, 0.05) is 12.2 Å². The molecule has 3 N–H and O–H groups in total. The van der Waals surface area contributed by atoms with Crippen LogP contribution >= 0.6 is 0 Å². The van der Waals surface area contributed by atoms with Crippen molar-refractivity contribution in [2.24, 2.45) is 0 Å². The van der Waals surface area contributed by atoms with Gasteiger partial charge in [-0.1, -0.05) is 50.2 Å². The molecule has 2 aromatic carbocycles. The molecule has 0 spiro atoms. The van der Waals surface area contributed by atoms with E-state index in [1.165, 1.54) is 12.6 Å². The van der Waals surface area contributed by atoms with Gasteiger partial charge >= 0.3 is 6.03 Å². The first-order valence-electron chi connectivity index (χ1n) is 8.43. The molecule has 6 nitrogen and oxygen atoms in total. The van der Waals surface area contributed by atoms with Gasteiger partial charge in [0.2, 0.25) is 10.0 Å². The number of benzene rings is 2. The summed E-state index contributed by atoms with van der Waals surface area (Å²) in [6.45, 7) is 4.60. The molecule has 0 aliphatic carbocycles. The maximum atomic E-state index is 12.0. The van der Waals surface area contributed by atoms with Gasteiger partial charge in [-0.15, -0.1) is 0 Å². The number of hydrogen-bond acceptors (Lipinski definition) is 3. The second-order valence-corrected chi connectivity index (χ2v) is 8.29. The van der Waals surface area contributed by atoms with Crippen molar-refractivity contribution in [3.63, 3.8) is 0 Å². The van der Waals surface area contributed by atoms with Crippen LogP contribution in [0.1, 0.15) is 36.5 Å². The largest absolute Gasteiger partial charge is 0.334 e. The van der Waals surface area contributed by atoms with Crippen molar-refractivity contribution in [2.75, 3.05) is 12.4 Å². The van der Waals surface area contributed by atoms with E-state index >= 15 is 0 Å². The maximum absolute atomic E-state index is 12.0. The lowest BCUT2D eigenvalue weighted by atomic mass is 10.0. The molecule has 26 heavy (non-hydrogen) atoms. The van der Waals surface area contributed by atoms with Crippen LogP contribution in [0.5, 0.6) is 0 Å². The van der Waals surface area contributed by atoms with E-state index < -0.39 is 10.0 Å². The average Bonchev–Trinajstić information content (AvgIpc) is 2.61. The first-order chi connectivity index (χ1) is 12.3. The molecule has 7 heteroatoms. The summed E-state index contributed by atoms with van der Waals surface area (Å²) in [4.78, 5) is 12.0. The summed E-state index contributed by atoms with van der Waals surface area (Å²) in [7, 11) is -1.89. The smallest absolute Gasteiger partial charge is 0.319 e. The van der Waals surface area contributed by atoms with Crippen LogP contribution in [0.4, 0.5) is 10.5 Å². The van der Waals surface area contributed by atoms with Gasteiger partial charge in [0.15, 0.2) is 0 Å². The van der Waals surface area contributed by atoms with Gasteiger partial charge in [-0.2, -0.15) is 0 Å². The number of rotatable bonds is 7. The lowest BCUT2D eigenvalue weighted by Gasteiger charge is -2.10. The Labute approximate surface area is 155 Å². The molecule has 0 aliphatic heterocycles. The molecule has 0 saturated heterocycles. The van der Waals surface area contributed by atoms with Crippen molar-refractivity contribution >= 4 is 21.7 Å². The molecular weight excluding hydrogens is 350 g/mol. The van der Waals surface area contributed by atoms with E-state index in [1.54, 1.807) is 24.3 Å². The van der Waals surface area contributed by atoms with E-state index in [9.17, 15) is 13.2 Å². The normalized spacial score (nSPS) is 11.4. The Morgan fingerprint density at radius 1 is 0.962 bits per heavy atom. The minimum absolute atomic E-state index is 0.0654. The van der Waals surface area contributed by atoms with Gasteiger partial charge in [-0.25, -0.2) is 17.9 Å². The molecule has 2 amide bonds. The Morgan fingerprint density at radius 2 is 1.54 bits per heavy atom. The zero-order chi connectivity index (χ0) is 19.2. The third-order valence-corrected chi connectivity index (χ3v) is 5.31. The first-order valence-corrected chi connectivity index (χ1v) is 10.1. The highest BCUT2D eigenvalue weighted by molar-refractivity contribution is 7.88. The standard InChI is InChI=1S/C19H25N3O3S/c1-14(2)17-8-10-18(11-9-17)22-19(23)21-12-15-4-6-16(7-5-15)13-26(24,25)20-3/h4-11,14,20H,12-13H2,1-3H3,(H2,21,22,23). The summed E-state index contributed by atoms with van der Waals surface area (Å²) in [5.41, 5.74) is 3.54. The maximum Gasteiger partial charge on any atom is 0.319 e. The fourth-order valence-electron chi connectivity index (χ4n) is 2.35. The highest BCUT2D eigenvalue weighted by Crippen LogP contribution is 2.17. The van der Waals surface area contributed by atoms with Crippen LogP contribution in [-0.4, -0.2) is 21.5 Å². The predicted molar refractivity (Wildman–Crippen MR) is 105 cm³/mol. The summed E-state index contributed by atoms with van der Waals surface area (Å²) >= 11 is 0. The zero-order valence-electron chi connectivity index (χ0n) is 15.2. The Balaban J connectivity index is 1.85. The molecule has 2 rings (SSSR count). The summed E-state index contributed by atoms with van der Waals surface area (Å²) in [6.07, 6.45) is 0. The fourth-order valence-corrected chi connectivity index (χ4v) is 3.13. The van der Waals surface area contributed by atoms with Crippen molar-refractivity contribution in [3.8, 4) is 0 Å². The molecule has 0 atom stereocenters. The molecular formula is C19H25N3O3S. The monoisotopic (exact) mass is 375 g/mol. The van der Waals surface area contributed by atoms with Crippen LogP contribution < -0.4 is 15.4 Å². The fraction of sp³-hybridized carbons (Fsp3) is 0.316. The Morgan fingerprint density at radius 3 is 2.08 bits per heavy atom. The minimum Gasteiger partial charge on any atom is -0.334 e. The van der Waals surface area contributed by atoms with Crippen molar-refractivity contribution in [1.29, 1.82) is 0 Å². The van der Waals surface area contributed by atoms with E-state index in [4.69, 9.17) is 0 Å². The Kier molecular flexibility index (Phi) is 6.76. The molecule has 0 radical (unpaired) electrons. The second-order valence-electron chi connectivity index (χ2n) is 6.36. The third kappa shape index (κ3) is 6.16. The number of carbonyl (C=O) groups excluding carboxylic acids is 1. The van der Waals surface area contributed by atoms with Crippen LogP contribution in [0.25, 0.3) is 0 Å². The van der Waals surface area contributed by atoms with Crippen molar-refractivity contribution in [3.05, 3.63) is 65.2 Å². The van der Waals surface area contributed by atoms with E-state index in [0.29, 0.717) is 18.0 Å². The predicted octanol–water partition coefficient (Wildman–Crippen LogP) is 3.18. The molecule has 0 aliphatic rings. The number of urea groups is 1. The van der Waals surface area contributed by atoms with Gasteiger partial charge in [-0.3, -0.25) is 0 Å². The van der Waals surface area contributed by atoms with Gasteiger partial charge in [0.1, 0.15) is 0 Å². The van der Waals surface area contributed by atoms with Crippen LogP contribution in [0.3, 0.4) is 0 Å². The average molecular weight is 375 g/mol. The molecule has 2 aromatic rings. The topological polar surface area (TPSA) is 87.3 Å². The van der Waals surface area contributed by atoms with Gasteiger partial charge < -0.3 is 10.6 Å². The van der Waals surface area contributed by atoms with Crippen molar-refractivity contribution in [2.45, 2.75) is 32.1 Å². The van der Waals surface area contributed by atoms with E-state index in [-0.39, 0.29) is 11.8 Å². The van der Waals surface area contributed by atoms with Crippen LogP contribution in [0, 0.1) is 0 Å². The summed E-state index contributed by atoms with van der Waals surface area (Å²) < 4.78 is 25.3. The molecule has 140 valence electrons. The molecule has 0 heterocycles.